The van der Waals surface area contributed by atoms with Crippen LogP contribution in [0.3, 0.4) is 0 Å². The van der Waals surface area contributed by atoms with Gasteiger partial charge in [-0.2, -0.15) is 0 Å². The van der Waals surface area contributed by atoms with Crippen LogP contribution in [0.15, 0.2) is 28.1 Å². The van der Waals surface area contributed by atoms with Gasteiger partial charge in [-0.05, 0) is 30.9 Å². The smallest absolute Gasteiger partial charge is 0.128 e. The van der Waals surface area contributed by atoms with Crippen molar-refractivity contribution in [3.63, 3.8) is 0 Å². The molecule has 0 saturated carbocycles. The summed E-state index contributed by atoms with van der Waals surface area (Å²) in [6.45, 7) is 2.29. The lowest BCUT2D eigenvalue weighted by atomic mass is 9.95. The highest BCUT2D eigenvalue weighted by atomic mass is 16.3. The average Bonchev–Trinajstić information content (AvgIpc) is 2.39. The van der Waals surface area contributed by atoms with Crippen molar-refractivity contribution in [2.24, 2.45) is 4.99 Å². The number of hydrogen-bond donors (Lipinski definition) is 2. The molecule has 2 N–H and O–H groups in total. The molecule has 0 bridgehead atoms. The van der Waals surface area contributed by atoms with Crippen molar-refractivity contribution in [2.45, 2.75) is 38.3 Å². The number of nitrogens with one attached hydrogen (secondary N) is 1. The van der Waals surface area contributed by atoms with Crippen LogP contribution in [0.2, 0.25) is 0 Å². The molecule has 3 rings (SSSR count). The summed E-state index contributed by atoms with van der Waals surface area (Å²) < 4.78 is 0. The first-order valence-corrected chi connectivity index (χ1v) is 6.49. The van der Waals surface area contributed by atoms with Gasteiger partial charge >= 0.3 is 0 Å². The van der Waals surface area contributed by atoms with Gasteiger partial charge in [0.2, 0.25) is 0 Å². The van der Waals surface area contributed by atoms with Gasteiger partial charge in [0, 0.05) is 25.2 Å². The Morgan fingerprint density at radius 2 is 2.06 bits per heavy atom. The zero-order valence-corrected chi connectivity index (χ0v) is 10.0. The maximum absolute atomic E-state index is 9.57. The minimum Gasteiger partial charge on any atom is -0.512 e. The fraction of sp³-hybridized carbons (Fsp3) is 0.615. The monoisotopic (exact) mass is 233 g/mol. The largest absolute Gasteiger partial charge is 0.512 e. The van der Waals surface area contributed by atoms with Crippen LogP contribution in [0, 0.1) is 0 Å². The van der Waals surface area contributed by atoms with Crippen LogP contribution < -0.4 is 5.32 Å². The van der Waals surface area contributed by atoms with Crippen LogP contribution in [0.5, 0.6) is 0 Å². The van der Waals surface area contributed by atoms with E-state index in [-0.39, 0.29) is 6.17 Å². The number of aliphatic imine (C=N–C) groups is 1. The van der Waals surface area contributed by atoms with Crippen molar-refractivity contribution in [1.29, 1.82) is 0 Å². The minimum absolute atomic E-state index is 0.205. The van der Waals surface area contributed by atoms with Crippen LogP contribution in [-0.4, -0.2) is 35.6 Å². The summed E-state index contributed by atoms with van der Waals surface area (Å²) in [4.78, 5) is 7.05. The number of rotatable bonds is 1. The number of aliphatic hydroxyl groups excluding tert-OH is 1. The maximum atomic E-state index is 9.57. The highest BCUT2D eigenvalue weighted by Crippen LogP contribution is 2.29. The highest BCUT2D eigenvalue weighted by molar-refractivity contribution is 5.63. The summed E-state index contributed by atoms with van der Waals surface area (Å²) in [5.41, 5.74) is 2.39. The van der Waals surface area contributed by atoms with Gasteiger partial charge in [0.1, 0.15) is 6.17 Å². The van der Waals surface area contributed by atoms with E-state index in [4.69, 9.17) is 0 Å². The number of nitrogens with zero attached hydrogens (tertiary/aromatic N) is 2. The molecule has 0 radical (unpaired) electrons. The topological polar surface area (TPSA) is 47.9 Å². The highest BCUT2D eigenvalue weighted by Gasteiger charge is 2.28. The summed E-state index contributed by atoms with van der Waals surface area (Å²) >= 11 is 0. The van der Waals surface area contributed by atoms with E-state index in [1.165, 1.54) is 24.8 Å². The van der Waals surface area contributed by atoms with Crippen molar-refractivity contribution < 1.29 is 5.11 Å². The van der Waals surface area contributed by atoms with E-state index in [9.17, 15) is 5.11 Å². The van der Waals surface area contributed by atoms with Gasteiger partial charge in [0.05, 0.1) is 12.1 Å². The van der Waals surface area contributed by atoms with Crippen molar-refractivity contribution in [1.82, 2.24) is 10.2 Å². The van der Waals surface area contributed by atoms with Crippen LogP contribution in [0.4, 0.5) is 0 Å². The van der Waals surface area contributed by atoms with E-state index in [0.717, 1.165) is 31.6 Å². The molecule has 17 heavy (non-hydrogen) atoms. The third-order valence-corrected chi connectivity index (χ3v) is 3.79. The van der Waals surface area contributed by atoms with Gasteiger partial charge in [-0.15, -0.1) is 0 Å². The average molecular weight is 233 g/mol. The fourth-order valence-electron chi connectivity index (χ4n) is 2.88. The number of piperidine rings is 1. The molecule has 1 saturated heterocycles. The predicted molar refractivity (Wildman–Crippen MR) is 67.8 cm³/mol. The van der Waals surface area contributed by atoms with Gasteiger partial charge < -0.3 is 10.4 Å². The lowest BCUT2D eigenvalue weighted by Crippen LogP contribution is -2.43. The maximum Gasteiger partial charge on any atom is 0.128 e. The van der Waals surface area contributed by atoms with Crippen LogP contribution in [0.25, 0.3) is 0 Å². The molecule has 2 aliphatic heterocycles. The van der Waals surface area contributed by atoms with E-state index in [1.54, 1.807) is 6.34 Å². The van der Waals surface area contributed by atoms with E-state index in [0.29, 0.717) is 5.76 Å². The van der Waals surface area contributed by atoms with Crippen LogP contribution >= 0.6 is 0 Å². The molecule has 1 atom stereocenters. The number of aliphatic hydroxyl groups is 1. The minimum atomic E-state index is 0.205. The van der Waals surface area contributed by atoms with Crippen molar-refractivity contribution in [3.8, 4) is 0 Å². The van der Waals surface area contributed by atoms with E-state index < -0.39 is 0 Å². The molecule has 3 aliphatic rings. The fourth-order valence-corrected chi connectivity index (χ4v) is 2.88. The first-order valence-electron chi connectivity index (χ1n) is 6.49. The molecular formula is C13H19N3O. The first kappa shape index (κ1) is 10.8. The van der Waals surface area contributed by atoms with Gasteiger partial charge in [0.15, 0.2) is 0 Å². The van der Waals surface area contributed by atoms with E-state index in [1.807, 2.05) is 6.08 Å². The summed E-state index contributed by atoms with van der Waals surface area (Å²) in [6, 6.07) is 0. The summed E-state index contributed by atoms with van der Waals surface area (Å²) in [5, 5.41) is 12.7. The molecule has 1 aliphatic carbocycles. The number of hydrogen-bond acceptors (Lipinski definition) is 4. The van der Waals surface area contributed by atoms with Crippen LogP contribution in [0.1, 0.15) is 32.1 Å². The Bertz CT molecular complexity index is 391. The summed E-state index contributed by atoms with van der Waals surface area (Å²) in [6.07, 6.45) is 9.40. The predicted octanol–water partition coefficient (Wildman–Crippen LogP) is 1.92. The molecule has 0 aromatic rings. The Morgan fingerprint density at radius 1 is 1.24 bits per heavy atom. The van der Waals surface area contributed by atoms with Crippen molar-refractivity contribution >= 4 is 6.34 Å². The summed E-state index contributed by atoms with van der Waals surface area (Å²) in [7, 11) is 0. The van der Waals surface area contributed by atoms with Gasteiger partial charge in [-0.25, -0.2) is 0 Å². The zero-order valence-electron chi connectivity index (χ0n) is 10.0. The Hall–Kier alpha value is -1.29. The Morgan fingerprint density at radius 3 is 2.88 bits per heavy atom. The molecule has 0 aromatic carbocycles. The van der Waals surface area contributed by atoms with Crippen molar-refractivity contribution in [2.75, 3.05) is 13.1 Å². The molecule has 0 aromatic heterocycles. The third-order valence-electron chi connectivity index (χ3n) is 3.79. The van der Waals surface area contributed by atoms with Gasteiger partial charge in [0.25, 0.3) is 0 Å². The lowest BCUT2D eigenvalue weighted by molar-refractivity contribution is 0.183. The molecule has 4 heteroatoms. The number of allylic oxidation sites excluding steroid dienone is 2. The Kier molecular flexibility index (Phi) is 2.89. The zero-order chi connectivity index (χ0) is 11.7. The van der Waals surface area contributed by atoms with E-state index in [2.05, 4.69) is 15.2 Å². The van der Waals surface area contributed by atoms with E-state index >= 15 is 0 Å². The second-order valence-electron chi connectivity index (χ2n) is 4.97. The molecule has 0 spiro atoms. The molecule has 92 valence electrons. The normalized spacial score (nSPS) is 29.6. The lowest BCUT2D eigenvalue weighted by Gasteiger charge is -2.36. The first-order chi connectivity index (χ1) is 8.34. The Labute approximate surface area is 102 Å². The summed E-state index contributed by atoms with van der Waals surface area (Å²) in [5.74, 6) is 0.476. The second-order valence-corrected chi connectivity index (χ2v) is 4.97. The number of likely N-dealkylation sites (tertiary alicyclic amines) is 1. The molecular weight excluding hydrogens is 214 g/mol. The van der Waals surface area contributed by atoms with Crippen molar-refractivity contribution in [3.05, 3.63) is 23.1 Å². The molecule has 1 fully saturated rings. The molecule has 0 amide bonds. The SMILES string of the molecule is OC1=CC2=C(CC1)C(N1CCCCC1)N=CN2. The van der Waals surface area contributed by atoms with Gasteiger partial charge in [-0.1, -0.05) is 6.42 Å². The third kappa shape index (κ3) is 2.09. The molecule has 4 nitrogen and oxygen atoms in total. The standard InChI is InChI=1S/C13H19N3O/c17-10-4-5-11-12(8-10)14-9-15-13(11)16-6-2-1-3-7-16/h8-9,13,17H,1-7H2,(H,14,15). The van der Waals surface area contributed by atoms with Gasteiger partial charge in [-0.3, -0.25) is 9.89 Å². The Balaban J connectivity index is 1.84. The quantitative estimate of drug-likeness (QED) is 0.727. The second kappa shape index (κ2) is 4.53. The molecule has 2 heterocycles. The van der Waals surface area contributed by atoms with Crippen LogP contribution in [-0.2, 0) is 0 Å². The molecule has 1 unspecified atom stereocenters.